The molecule has 7 nitrogen and oxygen atoms in total. The lowest BCUT2D eigenvalue weighted by Crippen LogP contribution is -2.39. The summed E-state index contributed by atoms with van der Waals surface area (Å²) in [6, 6.07) is -1.16. The van der Waals surface area contributed by atoms with Crippen molar-refractivity contribution in [3.8, 4) is 0 Å². The maximum atomic E-state index is 9.86. The Bertz CT molecular complexity index is 258. The van der Waals surface area contributed by atoms with E-state index in [9.17, 15) is 4.79 Å². The van der Waals surface area contributed by atoms with E-state index in [1.165, 1.54) is 6.92 Å². The van der Waals surface area contributed by atoms with Gasteiger partial charge in [0, 0.05) is 26.0 Å². The van der Waals surface area contributed by atoms with E-state index in [0.29, 0.717) is 0 Å². The highest BCUT2D eigenvalue weighted by molar-refractivity contribution is 5.73. The second-order valence-corrected chi connectivity index (χ2v) is 3.84. The molecule has 0 aromatic heterocycles. The first-order valence-corrected chi connectivity index (χ1v) is 5.28. The molecule has 100 valence electrons. The fraction of sp³-hybridized carbons (Fsp3) is 0.700. The Kier molecular flexibility index (Phi) is 7.27. The minimum Gasteiger partial charge on any atom is -0.480 e. The molecule has 17 heavy (non-hydrogen) atoms. The van der Waals surface area contributed by atoms with Crippen molar-refractivity contribution in [3.05, 3.63) is 12.4 Å². The zero-order chi connectivity index (χ0) is 13.4. The maximum Gasteiger partial charge on any atom is 0.323 e. The second kappa shape index (κ2) is 7.88. The van der Waals surface area contributed by atoms with Crippen molar-refractivity contribution in [2.45, 2.75) is 19.1 Å². The number of nitrogens with zero attached hydrogens (tertiary/aromatic N) is 2. The Labute approximate surface area is 101 Å². The van der Waals surface area contributed by atoms with Crippen LogP contribution >= 0.6 is 0 Å². The van der Waals surface area contributed by atoms with Crippen LogP contribution in [0.5, 0.6) is 0 Å². The third-order valence-electron chi connectivity index (χ3n) is 2.13. The number of hydrogen-bond acceptors (Lipinski definition) is 6. The van der Waals surface area contributed by atoms with Crippen molar-refractivity contribution in [3.63, 3.8) is 0 Å². The van der Waals surface area contributed by atoms with Gasteiger partial charge in [-0.15, -0.1) is 0 Å². The number of rotatable bonds is 4. The van der Waals surface area contributed by atoms with Gasteiger partial charge in [-0.05, 0) is 6.92 Å². The molecule has 0 amide bonds. The molecule has 2 unspecified atom stereocenters. The monoisotopic (exact) mass is 247 g/mol. The molecule has 1 aliphatic heterocycles. The van der Waals surface area contributed by atoms with E-state index in [0.717, 1.165) is 13.2 Å². The van der Waals surface area contributed by atoms with Crippen molar-refractivity contribution in [2.75, 3.05) is 26.9 Å². The van der Waals surface area contributed by atoms with Crippen LogP contribution in [0.1, 0.15) is 6.92 Å². The Hall–Kier alpha value is -1.31. The summed E-state index contributed by atoms with van der Waals surface area (Å²) in [4.78, 5) is 14.0. The molecule has 2 atom stereocenters. The summed E-state index contributed by atoms with van der Waals surface area (Å²) < 4.78 is 0. The number of carbonyl (C=O) groups is 1. The lowest BCUT2D eigenvalue weighted by atomic mass is 10.2. The topological polar surface area (TPSA) is 110 Å². The number of carboxylic acid groups (broad SMARTS) is 1. The molecule has 1 heterocycles. The first kappa shape index (κ1) is 15.7. The maximum absolute atomic E-state index is 9.86. The van der Waals surface area contributed by atoms with Gasteiger partial charge in [0.05, 0.1) is 19.4 Å². The molecule has 0 fully saturated rings. The van der Waals surface area contributed by atoms with Crippen LogP contribution in [0.3, 0.4) is 0 Å². The standard InChI is InChI=1S/C6H12N2O.C4H9NO3/c1-7-2-3-8(6-7)4-5-9;1-2(6)3(5)4(7)8/h2-3,9H,4-6H2,1H3;2-3,6H,5H2,1H3,(H,7,8). The van der Waals surface area contributed by atoms with Crippen LogP contribution in [0.4, 0.5) is 0 Å². The Balaban J connectivity index is 0.000000304. The molecule has 0 spiro atoms. The van der Waals surface area contributed by atoms with Gasteiger partial charge < -0.3 is 30.9 Å². The normalized spacial score (nSPS) is 17.5. The van der Waals surface area contributed by atoms with Crippen molar-refractivity contribution >= 4 is 5.97 Å². The Morgan fingerprint density at radius 2 is 2.12 bits per heavy atom. The molecule has 1 rings (SSSR count). The smallest absolute Gasteiger partial charge is 0.323 e. The van der Waals surface area contributed by atoms with E-state index in [1.54, 1.807) is 0 Å². The van der Waals surface area contributed by atoms with Gasteiger partial charge in [0.2, 0.25) is 0 Å². The van der Waals surface area contributed by atoms with Gasteiger partial charge in [-0.25, -0.2) is 0 Å². The Morgan fingerprint density at radius 3 is 2.35 bits per heavy atom. The van der Waals surface area contributed by atoms with Gasteiger partial charge >= 0.3 is 5.97 Å². The summed E-state index contributed by atoms with van der Waals surface area (Å²) in [5, 5.41) is 25.1. The van der Waals surface area contributed by atoms with Crippen LogP contribution in [0.2, 0.25) is 0 Å². The summed E-state index contributed by atoms with van der Waals surface area (Å²) >= 11 is 0. The van der Waals surface area contributed by atoms with Crippen LogP contribution in [0.25, 0.3) is 0 Å². The molecule has 0 radical (unpaired) electrons. The summed E-state index contributed by atoms with van der Waals surface area (Å²) in [5.41, 5.74) is 4.91. The van der Waals surface area contributed by atoms with Crippen molar-refractivity contribution in [2.24, 2.45) is 5.73 Å². The van der Waals surface area contributed by atoms with Crippen molar-refractivity contribution < 1.29 is 20.1 Å². The van der Waals surface area contributed by atoms with Crippen LogP contribution in [0, 0.1) is 0 Å². The number of carboxylic acids is 1. The van der Waals surface area contributed by atoms with Gasteiger partial charge in [-0.1, -0.05) is 0 Å². The van der Waals surface area contributed by atoms with E-state index in [2.05, 4.69) is 9.80 Å². The minimum atomic E-state index is -1.18. The summed E-state index contributed by atoms with van der Waals surface area (Å²) in [6.07, 6.45) is 3.00. The average Bonchev–Trinajstić information content (AvgIpc) is 2.64. The first-order valence-electron chi connectivity index (χ1n) is 5.28. The number of hydrogen-bond donors (Lipinski definition) is 4. The third-order valence-corrected chi connectivity index (χ3v) is 2.13. The average molecular weight is 247 g/mol. The van der Waals surface area contributed by atoms with Gasteiger partial charge in [0.1, 0.15) is 6.04 Å². The zero-order valence-electron chi connectivity index (χ0n) is 10.2. The number of aliphatic carboxylic acids is 1. The summed E-state index contributed by atoms with van der Waals surface area (Å²) in [6.45, 7) is 3.21. The third kappa shape index (κ3) is 6.77. The van der Waals surface area contributed by atoms with Crippen LogP contribution in [-0.4, -0.2) is 70.1 Å². The highest BCUT2D eigenvalue weighted by Gasteiger charge is 2.16. The number of nitrogens with two attached hydrogens (primary N) is 1. The fourth-order valence-electron chi connectivity index (χ4n) is 1.07. The molecule has 7 heteroatoms. The van der Waals surface area contributed by atoms with E-state index in [4.69, 9.17) is 21.1 Å². The van der Waals surface area contributed by atoms with Gasteiger partial charge in [-0.2, -0.15) is 0 Å². The predicted octanol–water partition coefficient (Wildman–Crippen LogP) is -1.57. The largest absolute Gasteiger partial charge is 0.480 e. The SMILES string of the molecule is CC(O)C(N)C(=O)O.CN1C=CN(CCO)C1. The quantitative estimate of drug-likeness (QED) is 0.475. The fourth-order valence-corrected chi connectivity index (χ4v) is 1.07. The van der Waals surface area contributed by atoms with Gasteiger partial charge in [0.15, 0.2) is 0 Å². The number of aliphatic hydroxyl groups excluding tert-OH is 2. The lowest BCUT2D eigenvalue weighted by molar-refractivity contribution is -0.140. The molecule has 0 saturated carbocycles. The molecular weight excluding hydrogens is 226 g/mol. The minimum absolute atomic E-state index is 0.234. The van der Waals surface area contributed by atoms with Gasteiger partial charge in [-0.3, -0.25) is 4.79 Å². The van der Waals surface area contributed by atoms with Crippen LogP contribution in [0.15, 0.2) is 12.4 Å². The molecule has 0 bridgehead atoms. The van der Waals surface area contributed by atoms with E-state index in [-0.39, 0.29) is 6.61 Å². The number of β-amino-alcohol motifs (C(OH)–C–C–N with tert-alkyl or cyclic N) is 1. The highest BCUT2D eigenvalue weighted by Crippen LogP contribution is 2.01. The first-order chi connectivity index (χ1) is 7.88. The molecular formula is C10H21N3O4. The van der Waals surface area contributed by atoms with Crippen LogP contribution in [-0.2, 0) is 4.79 Å². The molecule has 0 aromatic rings. The Morgan fingerprint density at radius 1 is 1.53 bits per heavy atom. The van der Waals surface area contributed by atoms with E-state index < -0.39 is 18.1 Å². The molecule has 1 aliphatic rings. The molecule has 0 aromatic carbocycles. The summed E-state index contributed by atoms with van der Waals surface area (Å²) in [7, 11) is 2.01. The van der Waals surface area contributed by atoms with E-state index in [1.807, 2.05) is 19.4 Å². The van der Waals surface area contributed by atoms with Crippen LogP contribution < -0.4 is 5.73 Å². The van der Waals surface area contributed by atoms with E-state index >= 15 is 0 Å². The summed E-state index contributed by atoms with van der Waals surface area (Å²) in [5.74, 6) is -1.18. The van der Waals surface area contributed by atoms with Crippen molar-refractivity contribution in [1.29, 1.82) is 0 Å². The highest BCUT2D eigenvalue weighted by atomic mass is 16.4. The molecule has 5 N–H and O–H groups in total. The molecule has 0 aliphatic carbocycles. The van der Waals surface area contributed by atoms with Gasteiger partial charge in [0.25, 0.3) is 0 Å². The second-order valence-electron chi connectivity index (χ2n) is 3.84. The molecule has 0 saturated heterocycles. The predicted molar refractivity (Wildman–Crippen MR) is 62.9 cm³/mol. The lowest BCUT2D eigenvalue weighted by Gasteiger charge is -2.15. The zero-order valence-corrected chi connectivity index (χ0v) is 10.2. The van der Waals surface area contributed by atoms with Crippen molar-refractivity contribution in [1.82, 2.24) is 9.80 Å². The number of aliphatic hydroxyl groups is 2.